The molecule has 0 saturated carbocycles. The first-order chi connectivity index (χ1) is 9.09. The summed E-state index contributed by atoms with van der Waals surface area (Å²) in [5.41, 5.74) is 0.788. The number of carboxylic acid groups (broad SMARTS) is 1. The molecule has 0 aliphatic heterocycles. The van der Waals surface area contributed by atoms with Crippen LogP contribution in [0.5, 0.6) is 0 Å². The zero-order valence-electron chi connectivity index (χ0n) is 12.0. The van der Waals surface area contributed by atoms with Crippen molar-refractivity contribution >= 4 is 16.0 Å². The van der Waals surface area contributed by atoms with E-state index in [0.717, 1.165) is 6.42 Å². The molecule has 0 atom stereocenters. The molecule has 1 rings (SSSR count). The largest absolute Gasteiger partial charge is 0.478 e. The maximum Gasteiger partial charge on any atom is 0.335 e. The molecule has 5 nitrogen and oxygen atoms in total. The van der Waals surface area contributed by atoms with E-state index >= 15 is 0 Å². The van der Waals surface area contributed by atoms with E-state index in [-0.39, 0.29) is 16.7 Å². The smallest absolute Gasteiger partial charge is 0.335 e. The minimum atomic E-state index is -3.39. The lowest BCUT2D eigenvalue weighted by Gasteiger charge is -2.18. The Hall–Kier alpha value is -1.40. The van der Waals surface area contributed by atoms with Crippen molar-refractivity contribution in [3.05, 3.63) is 35.4 Å². The van der Waals surface area contributed by atoms with Crippen LogP contribution in [-0.4, -0.2) is 26.0 Å². The molecule has 0 unspecified atom stereocenters. The second-order valence-corrected chi connectivity index (χ2v) is 7.77. The number of carbonyl (C=O) groups is 1. The summed E-state index contributed by atoms with van der Waals surface area (Å²) >= 11 is 0. The molecule has 0 aromatic heterocycles. The first-order valence-electron chi connectivity index (χ1n) is 6.39. The van der Waals surface area contributed by atoms with E-state index in [1.807, 2.05) is 20.8 Å². The number of hydrogen-bond acceptors (Lipinski definition) is 3. The zero-order chi connectivity index (χ0) is 15.4. The van der Waals surface area contributed by atoms with Crippen LogP contribution in [0.4, 0.5) is 0 Å². The predicted molar refractivity (Wildman–Crippen MR) is 78.1 cm³/mol. The molecule has 0 radical (unpaired) electrons. The van der Waals surface area contributed by atoms with Crippen LogP contribution in [-0.2, 0) is 15.8 Å². The Kier molecular flexibility index (Phi) is 5.30. The second kappa shape index (κ2) is 6.37. The lowest BCUT2D eigenvalue weighted by molar-refractivity contribution is 0.0697. The molecule has 1 aromatic rings. The van der Waals surface area contributed by atoms with Crippen molar-refractivity contribution in [2.45, 2.75) is 32.9 Å². The third-order valence-corrected chi connectivity index (χ3v) is 4.11. The van der Waals surface area contributed by atoms with E-state index in [9.17, 15) is 13.2 Å². The highest BCUT2D eigenvalue weighted by molar-refractivity contribution is 7.88. The molecule has 0 fully saturated rings. The van der Waals surface area contributed by atoms with Crippen molar-refractivity contribution in [1.82, 2.24) is 4.72 Å². The number of carboxylic acids is 1. The van der Waals surface area contributed by atoms with Crippen LogP contribution in [0.3, 0.4) is 0 Å². The normalized spacial score (nSPS) is 12.3. The number of rotatable bonds is 6. The van der Waals surface area contributed by atoms with E-state index in [4.69, 9.17) is 5.11 Å². The summed E-state index contributed by atoms with van der Waals surface area (Å²) in [6, 6.07) is 5.85. The molecule has 0 saturated heterocycles. The quantitative estimate of drug-likeness (QED) is 0.844. The topological polar surface area (TPSA) is 83.5 Å². The molecule has 112 valence electrons. The van der Waals surface area contributed by atoms with Crippen molar-refractivity contribution in [1.29, 1.82) is 0 Å². The van der Waals surface area contributed by atoms with Gasteiger partial charge in [-0.15, -0.1) is 0 Å². The Morgan fingerprint density at radius 2 is 1.75 bits per heavy atom. The van der Waals surface area contributed by atoms with Crippen molar-refractivity contribution in [3.8, 4) is 0 Å². The van der Waals surface area contributed by atoms with Crippen molar-refractivity contribution < 1.29 is 18.3 Å². The summed E-state index contributed by atoms with van der Waals surface area (Å²) in [6.45, 7) is 6.54. The van der Waals surface area contributed by atoms with Crippen LogP contribution in [0, 0.1) is 5.41 Å². The monoisotopic (exact) mass is 299 g/mol. The molecule has 1 aromatic carbocycles. The molecular formula is C14H21NO4S. The molecular weight excluding hydrogens is 278 g/mol. The fraction of sp³-hybridized carbons (Fsp3) is 0.500. The number of aromatic carboxylic acids is 1. The summed E-state index contributed by atoms with van der Waals surface area (Å²) in [6.07, 6.45) is 0.754. The first-order valence-corrected chi connectivity index (χ1v) is 8.04. The average molecular weight is 299 g/mol. The molecule has 2 N–H and O–H groups in total. The van der Waals surface area contributed by atoms with Gasteiger partial charge in [0.15, 0.2) is 0 Å². The van der Waals surface area contributed by atoms with Gasteiger partial charge < -0.3 is 5.11 Å². The Bertz CT molecular complexity index is 556. The minimum absolute atomic E-state index is 0.0751. The number of benzene rings is 1. The van der Waals surface area contributed by atoms with Gasteiger partial charge in [0.25, 0.3) is 0 Å². The van der Waals surface area contributed by atoms with Crippen LogP contribution < -0.4 is 4.72 Å². The van der Waals surface area contributed by atoms with E-state index in [1.165, 1.54) is 24.3 Å². The number of sulfonamides is 1. The highest BCUT2D eigenvalue weighted by atomic mass is 32.2. The standard InChI is InChI=1S/C14H21NO4S/c1-14(2,3)8-9-15-20(18,19)10-11-4-6-12(7-5-11)13(16)17/h4-7,15H,8-10H2,1-3H3,(H,16,17). The maximum absolute atomic E-state index is 11.9. The number of nitrogens with one attached hydrogen (secondary N) is 1. The molecule has 0 bridgehead atoms. The van der Waals surface area contributed by atoms with Crippen molar-refractivity contribution in [3.63, 3.8) is 0 Å². The van der Waals surface area contributed by atoms with Gasteiger partial charge in [-0.25, -0.2) is 17.9 Å². The Balaban J connectivity index is 2.60. The molecule has 0 aliphatic carbocycles. The Morgan fingerprint density at radius 1 is 1.20 bits per heavy atom. The van der Waals surface area contributed by atoms with Gasteiger partial charge >= 0.3 is 5.97 Å². The van der Waals surface area contributed by atoms with Gasteiger partial charge in [-0.2, -0.15) is 0 Å². The summed E-state index contributed by atoms with van der Waals surface area (Å²) in [7, 11) is -3.39. The van der Waals surface area contributed by atoms with Gasteiger partial charge in [-0.1, -0.05) is 32.9 Å². The third kappa shape index (κ3) is 6.16. The van der Waals surface area contributed by atoms with E-state index < -0.39 is 16.0 Å². The summed E-state index contributed by atoms with van der Waals surface area (Å²) in [5, 5.41) is 8.77. The first kappa shape index (κ1) is 16.7. The van der Waals surface area contributed by atoms with Crippen LogP contribution in [0.25, 0.3) is 0 Å². The molecule has 20 heavy (non-hydrogen) atoms. The fourth-order valence-electron chi connectivity index (χ4n) is 1.60. The van der Waals surface area contributed by atoms with Crippen LogP contribution >= 0.6 is 0 Å². The van der Waals surface area contributed by atoms with E-state index in [1.54, 1.807) is 0 Å². The molecule has 6 heteroatoms. The summed E-state index contributed by atoms with van der Waals surface area (Å²) in [4.78, 5) is 10.7. The van der Waals surface area contributed by atoms with Crippen LogP contribution in [0.15, 0.2) is 24.3 Å². The van der Waals surface area contributed by atoms with Gasteiger partial charge in [-0.3, -0.25) is 0 Å². The maximum atomic E-state index is 11.9. The Morgan fingerprint density at radius 3 is 2.20 bits per heavy atom. The van der Waals surface area contributed by atoms with Gasteiger partial charge in [0, 0.05) is 6.54 Å². The van der Waals surface area contributed by atoms with Gasteiger partial charge in [0.1, 0.15) is 0 Å². The Labute approximate surface area is 120 Å². The van der Waals surface area contributed by atoms with Gasteiger partial charge in [-0.05, 0) is 29.5 Å². The van der Waals surface area contributed by atoms with Gasteiger partial charge in [0.2, 0.25) is 10.0 Å². The van der Waals surface area contributed by atoms with Crippen LogP contribution in [0.2, 0.25) is 0 Å². The lowest BCUT2D eigenvalue weighted by Crippen LogP contribution is -2.28. The third-order valence-electron chi connectivity index (χ3n) is 2.75. The summed E-state index contributed by atoms with van der Waals surface area (Å²) in [5.74, 6) is -1.17. The molecule has 0 heterocycles. The van der Waals surface area contributed by atoms with Crippen LogP contribution in [0.1, 0.15) is 43.1 Å². The number of hydrogen-bond donors (Lipinski definition) is 2. The second-order valence-electron chi connectivity index (χ2n) is 5.97. The van der Waals surface area contributed by atoms with Crippen molar-refractivity contribution in [2.75, 3.05) is 6.54 Å². The molecule has 0 amide bonds. The molecule has 0 aliphatic rings. The fourth-order valence-corrected chi connectivity index (χ4v) is 2.74. The van der Waals surface area contributed by atoms with E-state index in [0.29, 0.717) is 12.1 Å². The SMILES string of the molecule is CC(C)(C)CCNS(=O)(=O)Cc1ccc(C(=O)O)cc1. The summed E-state index contributed by atoms with van der Waals surface area (Å²) < 4.78 is 26.3. The van der Waals surface area contributed by atoms with Crippen molar-refractivity contribution in [2.24, 2.45) is 5.41 Å². The average Bonchev–Trinajstić information content (AvgIpc) is 2.26. The highest BCUT2D eigenvalue weighted by Gasteiger charge is 2.15. The zero-order valence-corrected chi connectivity index (χ0v) is 12.8. The molecule has 0 spiro atoms. The van der Waals surface area contributed by atoms with E-state index in [2.05, 4.69) is 4.72 Å². The van der Waals surface area contributed by atoms with Gasteiger partial charge in [0.05, 0.1) is 11.3 Å². The minimum Gasteiger partial charge on any atom is -0.478 e. The highest BCUT2D eigenvalue weighted by Crippen LogP contribution is 2.17. The lowest BCUT2D eigenvalue weighted by atomic mass is 9.93. The predicted octanol–water partition coefficient (Wildman–Crippen LogP) is 2.24.